The molecule has 0 spiro atoms. The minimum absolute atomic E-state index is 0.0166. The third-order valence-corrected chi connectivity index (χ3v) is 15.5. The van der Waals surface area contributed by atoms with Gasteiger partial charge in [-0.15, -0.1) is 0 Å². The number of methoxy groups -OCH3 is 1. The number of likely N-dealkylation sites (tertiary alicyclic amines) is 1. The first-order valence-corrected chi connectivity index (χ1v) is 25.6. The lowest BCUT2D eigenvalue weighted by atomic mass is 9.90. The summed E-state index contributed by atoms with van der Waals surface area (Å²) in [5.41, 5.74) is 6.85. The normalized spacial score (nSPS) is 17.0. The summed E-state index contributed by atoms with van der Waals surface area (Å²) >= 11 is 0. The van der Waals surface area contributed by atoms with Gasteiger partial charge in [0.2, 0.25) is 10.0 Å². The van der Waals surface area contributed by atoms with Crippen LogP contribution < -0.4 is 25.7 Å². The van der Waals surface area contributed by atoms with Crippen LogP contribution in [-0.2, 0) is 29.7 Å². The zero-order chi connectivity index (χ0) is 51.4. The van der Waals surface area contributed by atoms with E-state index in [2.05, 4.69) is 39.8 Å². The minimum atomic E-state index is -4.52. The van der Waals surface area contributed by atoms with Crippen molar-refractivity contribution in [1.29, 1.82) is 0 Å². The molecule has 0 aliphatic carbocycles. The molecular weight excluding hydrogens is 963 g/mol. The fraction of sp³-hybridized carbons (Fsp3) is 0.345. The monoisotopic (exact) mass is 1020 g/mol. The fourth-order valence-corrected chi connectivity index (χ4v) is 11.3. The topological polar surface area (TPSA) is 136 Å². The molecule has 4 aromatic carbocycles. The molecule has 0 radical (unpaired) electrons. The molecule has 7 aromatic rings. The van der Waals surface area contributed by atoms with Crippen LogP contribution in [0.1, 0.15) is 59.0 Å². The maximum atomic E-state index is 14.9. The maximum Gasteiger partial charge on any atom is 0.406 e. The number of pyridine rings is 1. The van der Waals surface area contributed by atoms with Crippen molar-refractivity contribution in [3.8, 4) is 34.5 Å². The van der Waals surface area contributed by atoms with Crippen LogP contribution in [0.15, 0.2) is 124 Å². The Labute approximate surface area is 421 Å². The summed E-state index contributed by atoms with van der Waals surface area (Å²) < 4.78 is 106. The van der Waals surface area contributed by atoms with Crippen LogP contribution >= 0.6 is 0 Å². The number of piperidine rings is 2. The summed E-state index contributed by atoms with van der Waals surface area (Å²) in [6, 6.07) is 29.8. The van der Waals surface area contributed by atoms with Gasteiger partial charge in [-0.1, -0.05) is 53.5 Å². The molecule has 9 rings (SSSR count). The van der Waals surface area contributed by atoms with E-state index in [-0.39, 0.29) is 40.9 Å². The minimum Gasteiger partial charge on any atom is -0.495 e. The van der Waals surface area contributed by atoms with Crippen LogP contribution in [0.5, 0.6) is 11.5 Å². The Bertz CT molecular complexity index is 3320. The van der Waals surface area contributed by atoms with E-state index in [4.69, 9.17) is 14.0 Å². The molecule has 13 nitrogen and oxygen atoms in total. The summed E-state index contributed by atoms with van der Waals surface area (Å²) in [6.45, 7) is 4.81. The van der Waals surface area contributed by atoms with E-state index in [1.807, 2.05) is 68.4 Å². The lowest BCUT2D eigenvalue weighted by Gasteiger charge is -2.33. The summed E-state index contributed by atoms with van der Waals surface area (Å²) in [5, 5.41) is 10.9. The molecule has 2 fully saturated rings. The second-order valence-electron chi connectivity index (χ2n) is 18.7. The number of fused-ring (bicyclic) bond motifs is 1. The Morgan fingerprint density at radius 3 is 2.40 bits per heavy atom. The van der Waals surface area contributed by atoms with Gasteiger partial charge < -0.3 is 38.7 Å². The van der Waals surface area contributed by atoms with Crippen molar-refractivity contribution in [3.05, 3.63) is 154 Å². The molecule has 0 saturated carbocycles. The van der Waals surface area contributed by atoms with E-state index in [0.717, 1.165) is 38.1 Å². The number of aryl methyl sites for hydroxylation is 2. The molecule has 73 heavy (non-hydrogen) atoms. The molecule has 2 N–H and O–H groups in total. The largest absolute Gasteiger partial charge is 0.495 e. The highest BCUT2D eigenvalue weighted by Gasteiger charge is 2.33. The van der Waals surface area contributed by atoms with Gasteiger partial charge >= 0.3 is 6.18 Å². The summed E-state index contributed by atoms with van der Waals surface area (Å²) in [7, 11) is -0.593. The maximum absolute atomic E-state index is 14.9. The molecule has 0 unspecified atom stereocenters. The summed E-state index contributed by atoms with van der Waals surface area (Å²) in [6.07, 6.45) is -2.01. The van der Waals surface area contributed by atoms with Crippen molar-refractivity contribution in [2.45, 2.75) is 82.0 Å². The highest BCUT2D eigenvalue weighted by Crippen LogP contribution is 2.35. The van der Waals surface area contributed by atoms with Crippen LogP contribution in [0, 0.1) is 25.7 Å². The number of anilines is 2. The van der Waals surface area contributed by atoms with Crippen molar-refractivity contribution in [3.63, 3.8) is 0 Å². The molecule has 18 heteroatoms. The number of nitrogens with one attached hydrogen (secondary N) is 2. The van der Waals surface area contributed by atoms with E-state index in [9.17, 15) is 30.8 Å². The average molecular weight is 1020 g/mol. The Morgan fingerprint density at radius 1 is 0.890 bits per heavy atom. The van der Waals surface area contributed by atoms with Crippen molar-refractivity contribution in [2.24, 2.45) is 0 Å². The SMILES string of the molecule is COc1cc(S(=O)(=O)N2CCC(c3ccc(COc4cccc(Cn5cc(-c6c(C)noc6C)ccc5=O)c4)cc3)CC2)ccc1NCC#Cc1cc2c(N[C@@H]3CCN(C)C[C@@H]3F)cccc2n1CC(F)(F)F. The van der Waals surface area contributed by atoms with Gasteiger partial charge in [0.05, 0.1) is 53.7 Å². The summed E-state index contributed by atoms with van der Waals surface area (Å²) in [5.74, 6) is 7.60. The number of hydrogen-bond acceptors (Lipinski definition) is 10. The lowest BCUT2D eigenvalue weighted by Crippen LogP contribution is -2.46. The second kappa shape index (κ2) is 21.6. The first-order chi connectivity index (χ1) is 35.0. The van der Waals surface area contributed by atoms with Crippen molar-refractivity contribution in [1.82, 2.24) is 23.5 Å². The van der Waals surface area contributed by atoms with Crippen LogP contribution in [0.2, 0.25) is 0 Å². The van der Waals surface area contributed by atoms with E-state index < -0.39 is 35.0 Å². The number of halogens is 4. The van der Waals surface area contributed by atoms with Gasteiger partial charge in [-0.05, 0) is 117 Å². The number of sulfonamides is 1. The average Bonchev–Trinajstić information content (AvgIpc) is 3.90. The van der Waals surface area contributed by atoms with E-state index in [1.165, 1.54) is 23.5 Å². The van der Waals surface area contributed by atoms with Crippen molar-refractivity contribution < 1.29 is 40.0 Å². The smallest absolute Gasteiger partial charge is 0.406 e. The molecule has 5 heterocycles. The molecular formula is C55H57F4N7O6S. The van der Waals surface area contributed by atoms with Crippen LogP contribution in [-0.4, -0.2) is 97.2 Å². The Kier molecular flexibility index (Phi) is 15.0. The predicted molar refractivity (Wildman–Crippen MR) is 274 cm³/mol. The number of ether oxygens (including phenoxy) is 2. The van der Waals surface area contributed by atoms with Gasteiger partial charge in [-0.2, -0.15) is 17.5 Å². The van der Waals surface area contributed by atoms with Crippen LogP contribution in [0.25, 0.3) is 22.0 Å². The highest BCUT2D eigenvalue weighted by molar-refractivity contribution is 7.89. The molecule has 3 aromatic heterocycles. The molecule has 2 aliphatic rings. The number of hydrogen-bond donors (Lipinski definition) is 2. The van der Waals surface area contributed by atoms with Gasteiger partial charge in [0.1, 0.15) is 36.6 Å². The van der Waals surface area contributed by atoms with E-state index >= 15 is 0 Å². The number of aromatic nitrogens is 3. The molecule has 382 valence electrons. The molecule has 2 atom stereocenters. The molecule has 0 amide bonds. The van der Waals surface area contributed by atoms with Crippen LogP contribution in [0.4, 0.5) is 28.9 Å². The number of nitrogens with zero attached hydrogens (tertiary/aromatic N) is 5. The van der Waals surface area contributed by atoms with Gasteiger partial charge in [0.25, 0.3) is 5.56 Å². The zero-order valence-corrected chi connectivity index (χ0v) is 41.8. The standard InChI is InChI=1S/C55H57F4N7O6S/c1-36-54(37(2)72-62-36)42-17-20-53(67)64(32-42)31-39-8-5-10-44(28-39)71-34-38-13-15-40(16-14-38)41-21-26-65(27-22-41)73(68,69)45-18-19-50(52(30-45)70-4)60-24-7-9-43-29-46-48(61-49-23-25-63(3)33-47(49)56)11-6-12-51(46)66(43)35-55(57,58)59/h5-6,8,10-20,28-30,32,41,47,49,60-61H,21-27,31,33-35H2,1-4H3/t47-,49+/m0/s1. The molecule has 2 saturated heterocycles. The van der Waals surface area contributed by atoms with E-state index in [0.29, 0.717) is 85.8 Å². The van der Waals surface area contributed by atoms with Gasteiger partial charge in [-0.3, -0.25) is 4.79 Å². The number of benzene rings is 4. The quantitative estimate of drug-likeness (QED) is 0.0755. The van der Waals surface area contributed by atoms with Gasteiger partial charge in [-0.25, -0.2) is 12.8 Å². The lowest BCUT2D eigenvalue weighted by molar-refractivity contribution is -0.140. The molecule has 0 bridgehead atoms. The Balaban J connectivity index is 0.786. The Hall–Kier alpha value is -7.07. The number of rotatable bonds is 15. The second-order valence-corrected chi connectivity index (χ2v) is 20.7. The number of alkyl halides is 4. The van der Waals surface area contributed by atoms with Crippen molar-refractivity contribution in [2.75, 3.05) is 57.5 Å². The zero-order valence-electron chi connectivity index (χ0n) is 41.0. The first-order valence-electron chi connectivity index (χ1n) is 24.2. The Morgan fingerprint density at radius 2 is 1.67 bits per heavy atom. The van der Waals surface area contributed by atoms with Gasteiger partial charge in [0.15, 0.2) is 0 Å². The first kappa shape index (κ1) is 50.9. The van der Waals surface area contributed by atoms with Crippen LogP contribution in [0.3, 0.4) is 0 Å². The fourth-order valence-electron chi connectivity index (χ4n) is 9.79. The van der Waals surface area contributed by atoms with Gasteiger partial charge in [0, 0.05) is 66.7 Å². The molecule has 2 aliphatic heterocycles. The third-order valence-electron chi connectivity index (χ3n) is 13.6. The summed E-state index contributed by atoms with van der Waals surface area (Å²) in [4.78, 5) is 14.8. The predicted octanol–water partition coefficient (Wildman–Crippen LogP) is 9.76. The third kappa shape index (κ3) is 11.8. The highest BCUT2D eigenvalue weighted by atomic mass is 32.2. The van der Waals surface area contributed by atoms with Crippen molar-refractivity contribution >= 4 is 32.3 Å². The van der Waals surface area contributed by atoms with E-state index in [1.54, 1.807) is 47.0 Å².